The Bertz CT molecular complexity index is 560. The SMILES string of the molecule is CCCCCCCCCCCCCCCCCCCCCC(=O)[O-].CCCCCCCCCCCCCCCCCCCCCC(=O)[O-].[Pt+2]. The summed E-state index contributed by atoms with van der Waals surface area (Å²) < 4.78 is 0. The number of hydrogen-bond acceptors (Lipinski definition) is 4. The maximum absolute atomic E-state index is 10.3. The Balaban J connectivity index is -0.000000846. The molecule has 0 saturated heterocycles. The topological polar surface area (TPSA) is 80.3 Å². The Morgan fingerprint density at radius 2 is 0.388 bits per heavy atom. The molecule has 0 rings (SSSR count). The van der Waals surface area contributed by atoms with E-state index < -0.39 is 11.9 Å². The van der Waals surface area contributed by atoms with Crippen molar-refractivity contribution in [1.29, 1.82) is 0 Å². The van der Waals surface area contributed by atoms with Crippen LogP contribution in [0.5, 0.6) is 0 Å². The van der Waals surface area contributed by atoms with E-state index in [-0.39, 0.29) is 33.9 Å². The van der Waals surface area contributed by atoms with Crippen molar-refractivity contribution in [2.75, 3.05) is 0 Å². The summed E-state index contributed by atoms with van der Waals surface area (Å²) >= 11 is 0. The summed E-state index contributed by atoms with van der Waals surface area (Å²) in [5.41, 5.74) is 0. The largest absolute Gasteiger partial charge is 2.00 e. The molecule has 0 spiro atoms. The van der Waals surface area contributed by atoms with E-state index in [2.05, 4.69) is 13.8 Å². The first-order valence-corrected chi connectivity index (χ1v) is 21.9. The predicted octanol–water partition coefficient (Wildman–Crippen LogP) is 13.1. The van der Waals surface area contributed by atoms with Gasteiger partial charge >= 0.3 is 21.1 Å². The van der Waals surface area contributed by atoms with Gasteiger partial charge in [-0.1, -0.05) is 245 Å². The van der Waals surface area contributed by atoms with Gasteiger partial charge in [0.1, 0.15) is 0 Å². The molecular weight excluding hydrogens is 788 g/mol. The third-order valence-corrected chi connectivity index (χ3v) is 9.97. The molecule has 0 atom stereocenters. The van der Waals surface area contributed by atoms with Crippen molar-refractivity contribution in [1.82, 2.24) is 0 Å². The zero-order valence-electron chi connectivity index (χ0n) is 33.2. The van der Waals surface area contributed by atoms with E-state index in [1.165, 1.54) is 218 Å². The summed E-state index contributed by atoms with van der Waals surface area (Å²) in [6.07, 6.45) is 51.5. The fraction of sp³-hybridized carbons (Fsp3) is 0.955. The first kappa shape index (κ1) is 53.0. The van der Waals surface area contributed by atoms with Crippen LogP contribution in [0.15, 0.2) is 0 Å². The summed E-state index contributed by atoms with van der Waals surface area (Å²) in [4.78, 5) is 20.5. The Labute approximate surface area is 322 Å². The minimum atomic E-state index is -0.901. The maximum Gasteiger partial charge on any atom is 2.00 e. The van der Waals surface area contributed by atoms with E-state index in [9.17, 15) is 19.8 Å². The molecule has 0 aliphatic carbocycles. The molecule has 0 heterocycles. The van der Waals surface area contributed by atoms with Gasteiger partial charge in [0.15, 0.2) is 0 Å². The first-order chi connectivity index (χ1) is 23.5. The van der Waals surface area contributed by atoms with Crippen molar-refractivity contribution in [3.8, 4) is 0 Å². The molecular formula is C44H86O4Pt. The first-order valence-electron chi connectivity index (χ1n) is 21.9. The molecule has 0 aromatic rings. The molecule has 4 nitrogen and oxygen atoms in total. The van der Waals surface area contributed by atoms with Crippen LogP contribution in [-0.4, -0.2) is 11.9 Å². The minimum Gasteiger partial charge on any atom is -0.550 e. The smallest absolute Gasteiger partial charge is 0.550 e. The van der Waals surface area contributed by atoms with Crippen LogP contribution < -0.4 is 10.2 Å². The number of carboxylic acid groups (broad SMARTS) is 2. The molecule has 0 saturated carbocycles. The molecule has 49 heavy (non-hydrogen) atoms. The second-order valence-electron chi connectivity index (χ2n) is 15.0. The number of hydrogen-bond donors (Lipinski definition) is 0. The van der Waals surface area contributed by atoms with Crippen molar-refractivity contribution in [2.45, 2.75) is 271 Å². The van der Waals surface area contributed by atoms with Crippen molar-refractivity contribution in [2.24, 2.45) is 0 Å². The molecule has 0 bridgehead atoms. The Hall–Kier alpha value is -0.372. The Kier molecular flexibility index (Phi) is 53.8. The number of carbonyl (C=O) groups excluding carboxylic acids is 2. The molecule has 0 aromatic heterocycles. The number of carbonyl (C=O) groups is 2. The molecule has 0 aliphatic rings. The zero-order valence-corrected chi connectivity index (χ0v) is 35.5. The van der Waals surface area contributed by atoms with Crippen molar-refractivity contribution >= 4 is 11.9 Å². The van der Waals surface area contributed by atoms with Crippen LogP contribution in [0.1, 0.15) is 271 Å². The van der Waals surface area contributed by atoms with Crippen molar-refractivity contribution in [3.63, 3.8) is 0 Å². The second kappa shape index (κ2) is 49.7. The Morgan fingerprint density at radius 3 is 0.510 bits per heavy atom. The van der Waals surface area contributed by atoms with E-state index in [4.69, 9.17) is 0 Å². The summed E-state index contributed by atoms with van der Waals surface area (Å²) in [5.74, 6) is -1.80. The third-order valence-electron chi connectivity index (χ3n) is 9.97. The number of rotatable bonds is 40. The molecule has 0 fully saturated rings. The summed E-state index contributed by atoms with van der Waals surface area (Å²) in [5, 5.41) is 20.5. The monoisotopic (exact) mass is 874 g/mol. The number of unbranched alkanes of at least 4 members (excludes halogenated alkanes) is 36. The van der Waals surface area contributed by atoms with E-state index in [1.54, 1.807) is 0 Å². The fourth-order valence-electron chi connectivity index (χ4n) is 6.70. The van der Waals surface area contributed by atoms with Crippen LogP contribution in [0.2, 0.25) is 0 Å². The molecule has 0 amide bonds. The van der Waals surface area contributed by atoms with Crippen LogP contribution in [0, 0.1) is 0 Å². The van der Waals surface area contributed by atoms with Crippen LogP contribution in [-0.2, 0) is 30.7 Å². The predicted molar refractivity (Wildman–Crippen MR) is 206 cm³/mol. The standard InChI is InChI=1S/2C22H44O2.Pt/c2*1-2-3-4-5-6-7-8-9-10-11-12-13-14-15-16-17-18-19-20-21-22(23)24;/h2*2-21H2,1H3,(H,23,24);/q;;+2/p-2. The van der Waals surface area contributed by atoms with Crippen LogP contribution in [0.3, 0.4) is 0 Å². The Morgan fingerprint density at radius 1 is 0.265 bits per heavy atom. The van der Waals surface area contributed by atoms with Gasteiger partial charge in [0.2, 0.25) is 0 Å². The van der Waals surface area contributed by atoms with Gasteiger partial charge in [0.25, 0.3) is 0 Å². The van der Waals surface area contributed by atoms with Gasteiger partial charge in [-0.2, -0.15) is 0 Å². The minimum absolute atomic E-state index is 0. The van der Waals surface area contributed by atoms with Gasteiger partial charge in [0.05, 0.1) is 0 Å². The molecule has 0 aromatic carbocycles. The molecule has 5 heteroatoms. The zero-order chi connectivity index (χ0) is 35.4. The van der Waals surface area contributed by atoms with E-state index >= 15 is 0 Å². The normalized spacial score (nSPS) is 10.8. The number of aliphatic carboxylic acids is 2. The summed E-state index contributed by atoms with van der Waals surface area (Å²) in [7, 11) is 0. The maximum atomic E-state index is 10.3. The van der Waals surface area contributed by atoms with Crippen molar-refractivity contribution < 1.29 is 40.9 Å². The van der Waals surface area contributed by atoms with Gasteiger partial charge in [-0.15, -0.1) is 0 Å². The molecule has 0 unspecified atom stereocenters. The van der Waals surface area contributed by atoms with Crippen LogP contribution in [0.4, 0.5) is 0 Å². The molecule has 296 valence electrons. The quantitative estimate of drug-likeness (QED) is 0.0575. The summed E-state index contributed by atoms with van der Waals surface area (Å²) in [6, 6.07) is 0. The van der Waals surface area contributed by atoms with Gasteiger partial charge in [0, 0.05) is 11.9 Å². The third kappa shape index (κ3) is 57.2. The van der Waals surface area contributed by atoms with Gasteiger partial charge < -0.3 is 19.8 Å². The average molecular weight is 874 g/mol. The van der Waals surface area contributed by atoms with Crippen molar-refractivity contribution in [3.05, 3.63) is 0 Å². The molecule has 0 N–H and O–H groups in total. The molecule has 0 aliphatic heterocycles. The van der Waals surface area contributed by atoms with E-state index in [0.29, 0.717) is 0 Å². The van der Waals surface area contributed by atoms with E-state index in [1.807, 2.05) is 0 Å². The van der Waals surface area contributed by atoms with E-state index in [0.717, 1.165) is 25.7 Å². The van der Waals surface area contributed by atoms with Gasteiger partial charge in [-0.05, 0) is 25.7 Å². The van der Waals surface area contributed by atoms with Crippen LogP contribution >= 0.6 is 0 Å². The van der Waals surface area contributed by atoms with Gasteiger partial charge in [-0.25, -0.2) is 0 Å². The van der Waals surface area contributed by atoms with Gasteiger partial charge in [-0.3, -0.25) is 0 Å². The summed E-state index contributed by atoms with van der Waals surface area (Å²) in [6.45, 7) is 4.56. The molecule has 0 radical (unpaired) electrons. The average Bonchev–Trinajstić information content (AvgIpc) is 3.07. The second-order valence-corrected chi connectivity index (χ2v) is 15.0. The fourth-order valence-corrected chi connectivity index (χ4v) is 6.70. The number of carboxylic acids is 2. The van der Waals surface area contributed by atoms with Crippen LogP contribution in [0.25, 0.3) is 0 Å².